The van der Waals surface area contributed by atoms with Gasteiger partial charge in [-0.15, -0.1) is 0 Å². The van der Waals surface area contributed by atoms with Gasteiger partial charge in [0, 0.05) is 12.1 Å². The number of aliphatic hydroxyl groups is 1. The highest BCUT2D eigenvalue weighted by Crippen LogP contribution is 2.45. The highest BCUT2D eigenvalue weighted by molar-refractivity contribution is 6.46. The SMILES string of the molecule is COc1cc(C2/C(=C(\O)c3ccc(OCC(C)C)cc3)C(=O)C(=O)N2CCCN(C)C)cc(OC)c1OC. The number of methoxy groups -OCH3 is 3. The van der Waals surface area contributed by atoms with Crippen LogP contribution in [-0.2, 0) is 9.59 Å². The van der Waals surface area contributed by atoms with E-state index in [1.54, 1.807) is 36.4 Å². The number of hydrogen-bond donors (Lipinski definition) is 1. The van der Waals surface area contributed by atoms with Crippen molar-refractivity contribution in [3.8, 4) is 23.0 Å². The quantitative estimate of drug-likeness (QED) is 0.251. The molecule has 1 saturated heterocycles. The van der Waals surface area contributed by atoms with E-state index in [0.717, 1.165) is 6.54 Å². The van der Waals surface area contributed by atoms with Gasteiger partial charge in [-0.3, -0.25) is 9.59 Å². The molecule has 0 saturated carbocycles. The Morgan fingerprint density at radius 3 is 2.11 bits per heavy atom. The van der Waals surface area contributed by atoms with Crippen molar-refractivity contribution in [2.75, 3.05) is 55.1 Å². The lowest BCUT2D eigenvalue weighted by Gasteiger charge is -2.27. The van der Waals surface area contributed by atoms with Crippen molar-refractivity contribution in [1.82, 2.24) is 9.80 Å². The summed E-state index contributed by atoms with van der Waals surface area (Å²) in [7, 11) is 8.39. The fourth-order valence-corrected chi connectivity index (χ4v) is 4.40. The Morgan fingerprint density at radius 2 is 1.61 bits per heavy atom. The lowest BCUT2D eigenvalue weighted by Crippen LogP contribution is -2.32. The number of ether oxygens (including phenoxy) is 4. The highest BCUT2D eigenvalue weighted by Gasteiger charge is 2.46. The van der Waals surface area contributed by atoms with Crippen LogP contribution in [0.5, 0.6) is 23.0 Å². The molecule has 1 atom stereocenters. The zero-order chi connectivity index (χ0) is 28.0. The van der Waals surface area contributed by atoms with Crippen molar-refractivity contribution in [3.05, 3.63) is 53.1 Å². The van der Waals surface area contributed by atoms with Crippen LogP contribution in [0, 0.1) is 5.92 Å². The van der Waals surface area contributed by atoms with Crippen molar-refractivity contribution in [1.29, 1.82) is 0 Å². The summed E-state index contributed by atoms with van der Waals surface area (Å²) in [5.74, 6) is 0.505. The molecule has 1 N–H and O–H groups in total. The molecule has 0 aromatic heterocycles. The van der Waals surface area contributed by atoms with Crippen LogP contribution < -0.4 is 18.9 Å². The number of rotatable bonds is 12. The Morgan fingerprint density at radius 1 is 1.00 bits per heavy atom. The maximum absolute atomic E-state index is 13.4. The largest absolute Gasteiger partial charge is 0.507 e. The van der Waals surface area contributed by atoms with E-state index >= 15 is 0 Å². The average molecular weight is 527 g/mol. The smallest absolute Gasteiger partial charge is 0.295 e. The predicted octanol–water partition coefficient (Wildman–Crippen LogP) is 4.12. The molecule has 2 aromatic carbocycles. The van der Waals surface area contributed by atoms with Crippen molar-refractivity contribution in [2.24, 2.45) is 5.92 Å². The van der Waals surface area contributed by atoms with Gasteiger partial charge >= 0.3 is 0 Å². The second-order valence-electron chi connectivity index (χ2n) is 9.84. The van der Waals surface area contributed by atoms with E-state index < -0.39 is 17.7 Å². The number of nitrogens with zero attached hydrogens (tertiary/aromatic N) is 2. The van der Waals surface area contributed by atoms with E-state index in [1.165, 1.54) is 26.2 Å². The van der Waals surface area contributed by atoms with Crippen molar-refractivity contribution < 1.29 is 33.6 Å². The van der Waals surface area contributed by atoms with Gasteiger partial charge in [-0.05, 0) is 74.9 Å². The summed E-state index contributed by atoms with van der Waals surface area (Å²) in [4.78, 5) is 30.1. The Hall–Kier alpha value is -3.72. The lowest BCUT2D eigenvalue weighted by molar-refractivity contribution is -0.139. The Bertz CT molecular complexity index is 1150. The van der Waals surface area contributed by atoms with E-state index in [-0.39, 0.29) is 11.3 Å². The standard InChI is InChI=1S/C29H38N2O7/c1-18(2)17-38-21-11-9-19(10-12-21)26(32)24-25(31(29(34)27(24)33)14-8-13-30(3)4)20-15-22(35-5)28(37-7)23(16-20)36-6/h9-12,15-16,18,25,32H,8,13-14,17H2,1-7H3/b26-24+. The third-order valence-electron chi connectivity index (χ3n) is 6.26. The molecule has 0 aliphatic carbocycles. The van der Waals surface area contributed by atoms with Crippen molar-refractivity contribution >= 4 is 17.4 Å². The molecule has 0 radical (unpaired) electrons. The first kappa shape index (κ1) is 28.8. The summed E-state index contributed by atoms with van der Waals surface area (Å²) in [5, 5.41) is 11.4. The van der Waals surface area contributed by atoms with E-state index in [0.29, 0.717) is 59.6 Å². The van der Waals surface area contributed by atoms with Gasteiger partial charge < -0.3 is 33.9 Å². The molecular weight excluding hydrogens is 488 g/mol. The third-order valence-corrected chi connectivity index (χ3v) is 6.26. The fraction of sp³-hybridized carbons (Fsp3) is 0.448. The van der Waals surface area contributed by atoms with Gasteiger partial charge in [0.25, 0.3) is 11.7 Å². The van der Waals surface area contributed by atoms with E-state index in [4.69, 9.17) is 18.9 Å². The summed E-state index contributed by atoms with van der Waals surface area (Å²) in [6.07, 6.45) is 0.642. The van der Waals surface area contributed by atoms with Crippen LogP contribution in [-0.4, -0.2) is 81.7 Å². The zero-order valence-corrected chi connectivity index (χ0v) is 23.2. The third kappa shape index (κ3) is 6.22. The Labute approximate surface area is 224 Å². The number of benzene rings is 2. The second-order valence-corrected chi connectivity index (χ2v) is 9.84. The first-order chi connectivity index (χ1) is 18.1. The number of likely N-dealkylation sites (tertiary alicyclic amines) is 1. The highest BCUT2D eigenvalue weighted by atomic mass is 16.5. The summed E-state index contributed by atoms with van der Waals surface area (Å²) in [6.45, 7) is 5.72. The number of Topliss-reactive ketones (excluding diaryl/α,β-unsaturated/α-hetero) is 1. The van der Waals surface area contributed by atoms with Crippen LogP contribution in [0.4, 0.5) is 0 Å². The molecule has 1 aliphatic heterocycles. The van der Waals surface area contributed by atoms with Crippen LogP contribution in [0.25, 0.3) is 5.76 Å². The molecule has 1 amide bonds. The Balaban J connectivity index is 2.13. The lowest BCUT2D eigenvalue weighted by atomic mass is 9.94. The minimum absolute atomic E-state index is 0.00461. The molecule has 1 unspecified atom stereocenters. The maximum atomic E-state index is 13.4. The Kier molecular flexibility index (Phi) is 9.63. The van der Waals surface area contributed by atoms with Gasteiger partial charge in [-0.25, -0.2) is 0 Å². The molecule has 206 valence electrons. The number of ketones is 1. The van der Waals surface area contributed by atoms with Crippen LogP contribution in [0.1, 0.15) is 37.4 Å². The molecule has 3 rings (SSSR count). The predicted molar refractivity (Wildman–Crippen MR) is 145 cm³/mol. The summed E-state index contributed by atoms with van der Waals surface area (Å²) in [5.41, 5.74) is 0.970. The van der Waals surface area contributed by atoms with Gasteiger partial charge in [0.05, 0.1) is 39.6 Å². The molecule has 38 heavy (non-hydrogen) atoms. The molecule has 2 aromatic rings. The number of aliphatic hydroxyl groups excluding tert-OH is 1. The first-order valence-corrected chi connectivity index (χ1v) is 12.6. The molecule has 0 bridgehead atoms. The molecule has 1 fully saturated rings. The van der Waals surface area contributed by atoms with Crippen LogP contribution in [0.3, 0.4) is 0 Å². The number of amides is 1. The van der Waals surface area contributed by atoms with Gasteiger partial charge in [0.15, 0.2) is 11.5 Å². The minimum Gasteiger partial charge on any atom is -0.507 e. The average Bonchev–Trinajstić information content (AvgIpc) is 3.15. The summed E-state index contributed by atoms with van der Waals surface area (Å²) < 4.78 is 22.2. The minimum atomic E-state index is -0.845. The monoisotopic (exact) mass is 526 g/mol. The van der Waals surface area contributed by atoms with Crippen LogP contribution >= 0.6 is 0 Å². The van der Waals surface area contributed by atoms with Crippen molar-refractivity contribution in [2.45, 2.75) is 26.3 Å². The van der Waals surface area contributed by atoms with E-state index in [1.807, 2.05) is 19.0 Å². The normalized spacial score (nSPS) is 16.9. The van der Waals surface area contributed by atoms with Gasteiger partial charge in [-0.2, -0.15) is 0 Å². The van der Waals surface area contributed by atoms with Gasteiger partial charge in [0.2, 0.25) is 5.75 Å². The maximum Gasteiger partial charge on any atom is 0.295 e. The van der Waals surface area contributed by atoms with Gasteiger partial charge in [-0.1, -0.05) is 13.8 Å². The van der Waals surface area contributed by atoms with E-state index in [2.05, 4.69) is 13.8 Å². The number of hydrogen-bond acceptors (Lipinski definition) is 8. The van der Waals surface area contributed by atoms with Crippen LogP contribution in [0.15, 0.2) is 42.0 Å². The van der Waals surface area contributed by atoms with E-state index in [9.17, 15) is 14.7 Å². The summed E-state index contributed by atoms with van der Waals surface area (Å²) in [6, 6.07) is 9.38. The van der Waals surface area contributed by atoms with Crippen molar-refractivity contribution in [3.63, 3.8) is 0 Å². The molecule has 0 spiro atoms. The molecule has 9 heteroatoms. The summed E-state index contributed by atoms with van der Waals surface area (Å²) >= 11 is 0. The van der Waals surface area contributed by atoms with Crippen LogP contribution in [0.2, 0.25) is 0 Å². The molecule has 9 nitrogen and oxygen atoms in total. The molecular formula is C29H38N2O7. The topological polar surface area (TPSA) is 97.8 Å². The van der Waals surface area contributed by atoms with Gasteiger partial charge in [0.1, 0.15) is 11.5 Å². The zero-order valence-electron chi connectivity index (χ0n) is 23.2. The number of carbonyl (C=O) groups is 2. The number of carbonyl (C=O) groups excluding carboxylic acids is 2. The first-order valence-electron chi connectivity index (χ1n) is 12.6. The molecule has 1 heterocycles. The molecule has 1 aliphatic rings. The second kappa shape index (κ2) is 12.7. The fourth-order valence-electron chi connectivity index (χ4n) is 4.40.